The van der Waals surface area contributed by atoms with Crippen molar-refractivity contribution in [1.29, 1.82) is 0 Å². The van der Waals surface area contributed by atoms with E-state index in [1.165, 1.54) is 12.1 Å². The third-order valence-corrected chi connectivity index (χ3v) is 5.19. The van der Waals surface area contributed by atoms with Gasteiger partial charge < -0.3 is 0 Å². The lowest BCUT2D eigenvalue weighted by atomic mass is 10.0. The number of aryl methyl sites for hydroxylation is 1. The summed E-state index contributed by atoms with van der Waals surface area (Å²) in [5, 5.41) is 10.8. The van der Waals surface area contributed by atoms with Crippen LogP contribution in [0.1, 0.15) is 24.0 Å². The van der Waals surface area contributed by atoms with Crippen LogP contribution in [0.2, 0.25) is 0 Å². The van der Waals surface area contributed by atoms with Crippen LogP contribution in [0.5, 0.6) is 0 Å². The highest BCUT2D eigenvalue weighted by atomic mass is 32.2. The summed E-state index contributed by atoms with van der Waals surface area (Å²) in [5.74, 6) is -0.00928. The normalized spacial score (nSPS) is 12.8. The van der Waals surface area contributed by atoms with Gasteiger partial charge in [-0.05, 0) is 24.0 Å². The van der Waals surface area contributed by atoms with E-state index in [0.29, 0.717) is 5.56 Å². The van der Waals surface area contributed by atoms with Crippen LogP contribution in [-0.4, -0.2) is 19.9 Å². The molecule has 2 aromatic rings. The molecule has 0 saturated carbocycles. The van der Waals surface area contributed by atoms with Crippen molar-refractivity contribution < 1.29 is 13.3 Å². The molecule has 0 aliphatic heterocycles. The SMILES string of the molecule is Cc1ccc([N+](=O)[O-])cc1S(=O)(=O)NCC(C)c1ccccc1. The first-order valence-electron chi connectivity index (χ1n) is 7.11. The van der Waals surface area contributed by atoms with Gasteiger partial charge in [0.05, 0.1) is 9.82 Å². The van der Waals surface area contributed by atoms with E-state index in [0.717, 1.165) is 11.6 Å². The molecule has 0 amide bonds. The average molecular weight is 334 g/mol. The number of hydrogen-bond acceptors (Lipinski definition) is 4. The van der Waals surface area contributed by atoms with Crippen LogP contribution in [-0.2, 0) is 10.0 Å². The molecular weight excluding hydrogens is 316 g/mol. The maximum absolute atomic E-state index is 12.4. The van der Waals surface area contributed by atoms with Crippen molar-refractivity contribution in [3.8, 4) is 0 Å². The van der Waals surface area contributed by atoms with Crippen molar-refractivity contribution in [2.75, 3.05) is 6.54 Å². The van der Waals surface area contributed by atoms with Crippen LogP contribution in [0.4, 0.5) is 5.69 Å². The maximum Gasteiger partial charge on any atom is 0.270 e. The van der Waals surface area contributed by atoms with Gasteiger partial charge in [-0.1, -0.05) is 43.3 Å². The van der Waals surface area contributed by atoms with Gasteiger partial charge in [0.25, 0.3) is 5.69 Å². The van der Waals surface area contributed by atoms with Gasteiger partial charge in [0.15, 0.2) is 0 Å². The Morgan fingerprint density at radius 2 is 1.83 bits per heavy atom. The Morgan fingerprint density at radius 3 is 2.43 bits per heavy atom. The molecule has 1 atom stereocenters. The van der Waals surface area contributed by atoms with E-state index in [-0.39, 0.29) is 23.0 Å². The fraction of sp³-hybridized carbons (Fsp3) is 0.250. The molecule has 0 saturated heterocycles. The number of nitrogens with zero attached hydrogens (tertiary/aromatic N) is 1. The van der Waals surface area contributed by atoms with Gasteiger partial charge in [-0.2, -0.15) is 0 Å². The minimum Gasteiger partial charge on any atom is -0.258 e. The van der Waals surface area contributed by atoms with Gasteiger partial charge in [-0.25, -0.2) is 13.1 Å². The highest BCUT2D eigenvalue weighted by molar-refractivity contribution is 7.89. The second-order valence-electron chi connectivity index (χ2n) is 5.37. The monoisotopic (exact) mass is 334 g/mol. The number of rotatable bonds is 6. The summed E-state index contributed by atoms with van der Waals surface area (Å²) in [6, 6.07) is 13.4. The average Bonchev–Trinajstić information content (AvgIpc) is 2.53. The summed E-state index contributed by atoms with van der Waals surface area (Å²) in [4.78, 5) is 10.2. The summed E-state index contributed by atoms with van der Waals surface area (Å²) in [6.07, 6.45) is 0. The Kier molecular flexibility index (Phi) is 5.12. The topological polar surface area (TPSA) is 89.3 Å². The lowest BCUT2D eigenvalue weighted by Crippen LogP contribution is -2.28. The fourth-order valence-corrected chi connectivity index (χ4v) is 3.60. The van der Waals surface area contributed by atoms with Crippen molar-refractivity contribution in [2.45, 2.75) is 24.7 Å². The van der Waals surface area contributed by atoms with Crippen molar-refractivity contribution >= 4 is 15.7 Å². The predicted molar refractivity (Wildman–Crippen MR) is 87.9 cm³/mol. The van der Waals surface area contributed by atoms with Gasteiger partial charge in [-0.15, -0.1) is 0 Å². The first-order chi connectivity index (χ1) is 10.8. The highest BCUT2D eigenvalue weighted by Gasteiger charge is 2.21. The Morgan fingerprint density at radius 1 is 1.17 bits per heavy atom. The molecule has 0 heterocycles. The van der Waals surface area contributed by atoms with Gasteiger partial charge in [-0.3, -0.25) is 10.1 Å². The van der Waals surface area contributed by atoms with E-state index in [1.54, 1.807) is 6.92 Å². The van der Waals surface area contributed by atoms with Gasteiger partial charge >= 0.3 is 0 Å². The molecule has 7 heteroatoms. The van der Waals surface area contributed by atoms with Gasteiger partial charge in [0, 0.05) is 18.7 Å². The zero-order valence-electron chi connectivity index (χ0n) is 12.9. The van der Waals surface area contributed by atoms with Crippen LogP contribution >= 0.6 is 0 Å². The molecule has 122 valence electrons. The van der Waals surface area contributed by atoms with E-state index in [2.05, 4.69) is 4.72 Å². The van der Waals surface area contributed by atoms with E-state index >= 15 is 0 Å². The van der Waals surface area contributed by atoms with E-state index in [1.807, 2.05) is 37.3 Å². The molecule has 0 bridgehead atoms. The predicted octanol–water partition coefficient (Wildman–Crippen LogP) is 2.99. The van der Waals surface area contributed by atoms with Crippen LogP contribution in [0.15, 0.2) is 53.4 Å². The molecule has 2 rings (SSSR count). The molecule has 6 nitrogen and oxygen atoms in total. The Labute approximate surface area is 135 Å². The fourth-order valence-electron chi connectivity index (χ4n) is 2.20. The molecular formula is C16H18N2O4S. The smallest absolute Gasteiger partial charge is 0.258 e. The minimum atomic E-state index is -3.80. The Hall–Kier alpha value is -2.25. The number of hydrogen-bond donors (Lipinski definition) is 1. The number of non-ortho nitro benzene ring substituents is 1. The third kappa shape index (κ3) is 4.14. The number of nitro benzene ring substituents is 1. The standard InChI is InChI=1S/C16H18N2O4S/c1-12-8-9-15(18(19)20)10-16(12)23(21,22)17-11-13(2)14-6-4-3-5-7-14/h3-10,13,17H,11H2,1-2H3. The van der Waals surface area contributed by atoms with Crippen LogP contribution in [0.25, 0.3) is 0 Å². The number of sulfonamides is 1. The van der Waals surface area contributed by atoms with E-state index in [4.69, 9.17) is 0 Å². The van der Waals surface area contributed by atoms with Crippen LogP contribution in [0.3, 0.4) is 0 Å². The molecule has 0 fully saturated rings. The van der Waals surface area contributed by atoms with Crippen LogP contribution in [0, 0.1) is 17.0 Å². The Bertz CT molecular complexity index is 804. The zero-order valence-corrected chi connectivity index (χ0v) is 13.7. The van der Waals surface area contributed by atoms with Gasteiger partial charge in [0.2, 0.25) is 10.0 Å². The molecule has 23 heavy (non-hydrogen) atoms. The maximum atomic E-state index is 12.4. The summed E-state index contributed by atoms with van der Waals surface area (Å²) < 4.78 is 27.4. The first kappa shape index (κ1) is 17.1. The lowest BCUT2D eigenvalue weighted by molar-refractivity contribution is -0.385. The van der Waals surface area contributed by atoms with Gasteiger partial charge in [0.1, 0.15) is 0 Å². The third-order valence-electron chi connectivity index (χ3n) is 3.62. The number of benzene rings is 2. The van der Waals surface area contributed by atoms with Crippen molar-refractivity contribution in [2.24, 2.45) is 0 Å². The van der Waals surface area contributed by atoms with E-state index < -0.39 is 14.9 Å². The summed E-state index contributed by atoms with van der Waals surface area (Å²) in [7, 11) is -3.80. The molecule has 2 aromatic carbocycles. The summed E-state index contributed by atoms with van der Waals surface area (Å²) in [5.41, 5.74) is 1.24. The molecule has 0 spiro atoms. The van der Waals surface area contributed by atoms with E-state index in [9.17, 15) is 18.5 Å². The molecule has 1 N–H and O–H groups in total. The highest BCUT2D eigenvalue weighted by Crippen LogP contribution is 2.22. The van der Waals surface area contributed by atoms with Crippen molar-refractivity contribution in [1.82, 2.24) is 4.72 Å². The molecule has 0 aliphatic rings. The summed E-state index contributed by atoms with van der Waals surface area (Å²) in [6.45, 7) is 3.74. The quantitative estimate of drug-likeness (QED) is 0.649. The Balaban J connectivity index is 2.19. The summed E-state index contributed by atoms with van der Waals surface area (Å²) >= 11 is 0. The molecule has 1 unspecified atom stereocenters. The number of nitro groups is 1. The second-order valence-corrected chi connectivity index (χ2v) is 7.11. The molecule has 0 aliphatic carbocycles. The lowest BCUT2D eigenvalue weighted by Gasteiger charge is -2.14. The first-order valence-corrected chi connectivity index (χ1v) is 8.59. The number of nitrogens with one attached hydrogen (secondary N) is 1. The molecule has 0 radical (unpaired) electrons. The molecule has 0 aromatic heterocycles. The van der Waals surface area contributed by atoms with Crippen molar-refractivity contribution in [3.63, 3.8) is 0 Å². The zero-order chi connectivity index (χ0) is 17.0. The van der Waals surface area contributed by atoms with Crippen LogP contribution < -0.4 is 4.72 Å². The van der Waals surface area contributed by atoms with Crippen molar-refractivity contribution in [3.05, 3.63) is 69.8 Å². The second kappa shape index (κ2) is 6.89. The minimum absolute atomic E-state index is 0.00928. The largest absolute Gasteiger partial charge is 0.270 e.